The number of aryl methyl sites for hydroxylation is 1. The number of aliphatic hydroxyl groups is 2. The Hall–Kier alpha value is -2.42. The highest BCUT2D eigenvalue weighted by Gasteiger charge is 2.49. The topological polar surface area (TPSA) is 108 Å². The fraction of sp³-hybridized carbons (Fsp3) is 0.524. The maximum absolute atomic E-state index is 12.3. The molecule has 0 amide bonds. The van der Waals surface area contributed by atoms with Gasteiger partial charge in [0.25, 0.3) is 0 Å². The molecule has 0 saturated carbocycles. The second kappa shape index (κ2) is 8.94. The van der Waals surface area contributed by atoms with Crippen LogP contribution in [0.5, 0.6) is 5.75 Å². The second-order valence-corrected chi connectivity index (χ2v) is 7.73. The van der Waals surface area contributed by atoms with Gasteiger partial charge in [-0.15, -0.1) is 0 Å². The molecule has 0 aliphatic carbocycles. The van der Waals surface area contributed by atoms with E-state index in [0.717, 1.165) is 16.8 Å². The predicted molar refractivity (Wildman–Crippen MR) is 107 cm³/mol. The van der Waals surface area contributed by atoms with Gasteiger partial charge in [-0.25, -0.2) is 0 Å². The van der Waals surface area contributed by atoms with E-state index >= 15 is 0 Å². The molecule has 2 heterocycles. The first kappa shape index (κ1) is 21.3. The van der Waals surface area contributed by atoms with Crippen LogP contribution in [0.3, 0.4) is 0 Å². The highest BCUT2D eigenvalue weighted by atomic mass is 16.5. The molecule has 1 fully saturated rings. The smallest absolute Gasteiger partial charge is 0.313 e. The molecule has 1 aromatic heterocycles. The van der Waals surface area contributed by atoms with Crippen LogP contribution in [0.4, 0.5) is 0 Å². The van der Waals surface area contributed by atoms with Crippen LogP contribution in [0.2, 0.25) is 0 Å². The number of methoxy groups -OCH3 is 1. The average molecular weight is 403 g/mol. The van der Waals surface area contributed by atoms with Crippen molar-refractivity contribution >= 4 is 5.97 Å². The fourth-order valence-electron chi connectivity index (χ4n) is 4.08. The van der Waals surface area contributed by atoms with E-state index < -0.39 is 17.5 Å². The minimum atomic E-state index is -1.29. The summed E-state index contributed by atoms with van der Waals surface area (Å²) in [5, 5.41) is 34.3. The van der Waals surface area contributed by atoms with Gasteiger partial charge in [-0.2, -0.15) is 5.10 Å². The third kappa shape index (κ3) is 4.60. The number of ether oxygens (including phenoxy) is 1. The number of piperidine rings is 1. The summed E-state index contributed by atoms with van der Waals surface area (Å²) in [5.41, 5.74) is 1.38. The van der Waals surface area contributed by atoms with Gasteiger partial charge >= 0.3 is 5.97 Å². The molecule has 29 heavy (non-hydrogen) atoms. The van der Waals surface area contributed by atoms with Gasteiger partial charge in [0.05, 0.1) is 32.1 Å². The third-order valence-electron chi connectivity index (χ3n) is 5.71. The van der Waals surface area contributed by atoms with Crippen LogP contribution in [0, 0.1) is 12.3 Å². The quantitative estimate of drug-likeness (QED) is 0.605. The highest BCUT2D eigenvalue weighted by molar-refractivity contribution is 5.76. The van der Waals surface area contributed by atoms with Crippen molar-refractivity contribution in [1.82, 2.24) is 14.7 Å². The summed E-state index contributed by atoms with van der Waals surface area (Å²) in [5.74, 6) is -0.331. The zero-order chi connectivity index (χ0) is 21.0. The van der Waals surface area contributed by atoms with Crippen molar-refractivity contribution in [2.45, 2.75) is 39.0 Å². The lowest BCUT2D eigenvalue weighted by Crippen LogP contribution is -2.56. The standard InChI is InChI=1S/C21H29N3O5/c1-15-17(13-24(22-15)8-9-25)12-23-7-6-19(26)21(14-23,20(27)28)11-16-4-3-5-18(10-16)29-2/h3-5,10,13,19,25-26H,6-9,11-12,14H2,1-2H3,(H,27,28)/t19-,21+/m0/s1. The number of aliphatic hydroxyl groups excluding tert-OH is 2. The van der Waals surface area contributed by atoms with Gasteiger partial charge in [-0.1, -0.05) is 12.1 Å². The summed E-state index contributed by atoms with van der Waals surface area (Å²) < 4.78 is 6.95. The highest BCUT2D eigenvalue weighted by Crippen LogP contribution is 2.36. The molecule has 0 bridgehead atoms. The first-order chi connectivity index (χ1) is 13.9. The molecule has 0 unspecified atom stereocenters. The Morgan fingerprint density at radius 2 is 2.21 bits per heavy atom. The number of aliphatic carboxylic acids is 1. The number of carboxylic acid groups (broad SMARTS) is 1. The number of benzene rings is 1. The summed E-state index contributed by atoms with van der Waals surface area (Å²) in [6.45, 7) is 3.75. The van der Waals surface area contributed by atoms with Crippen molar-refractivity contribution in [3.63, 3.8) is 0 Å². The van der Waals surface area contributed by atoms with E-state index in [1.807, 2.05) is 37.4 Å². The summed E-state index contributed by atoms with van der Waals surface area (Å²) in [7, 11) is 1.57. The molecular weight excluding hydrogens is 374 g/mol. The lowest BCUT2D eigenvalue weighted by Gasteiger charge is -2.43. The number of hydrogen-bond donors (Lipinski definition) is 3. The molecule has 0 radical (unpaired) electrons. The van der Waals surface area contributed by atoms with Gasteiger partial charge in [0.15, 0.2) is 0 Å². The number of carbonyl (C=O) groups is 1. The van der Waals surface area contributed by atoms with E-state index in [2.05, 4.69) is 10.00 Å². The van der Waals surface area contributed by atoms with Crippen LogP contribution in [-0.2, 0) is 24.3 Å². The first-order valence-electron chi connectivity index (χ1n) is 9.78. The Morgan fingerprint density at radius 1 is 1.41 bits per heavy atom. The van der Waals surface area contributed by atoms with E-state index in [-0.39, 0.29) is 19.6 Å². The maximum Gasteiger partial charge on any atom is 0.313 e. The van der Waals surface area contributed by atoms with E-state index in [4.69, 9.17) is 9.84 Å². The van der Waals surface area contributed by atoms with Gasteiger partial charge in [0, 0.05) is 31.4 Å². The van der Waals surface area contributed by atoms with E-state index in [1.54, 1.807) is 11.8 Å². The first-order valence-corrected chi connectivity index (χ1v) is 9.78. The number of rotatable bonds is 8. The van der Waals surface area contributed by atoms with Crippen molar-refractivity contribution in [2.24, 2.45) is 5.41 Å². The molecule has 0 spiro atoms. The summed E-state index contributed by atoms with van der Waals surface area (Å²) in [6.07, 6.45) is 1.57. The lowest BCUT2D eigenvalue weighted by atomic mass is 9.72. The molecule has 3 rings (SSSR count). The van der Waals surface area contributed by atoms with Crippen LogP contribution >= 0.6 is 0 Å². The zero-order valence-corrected chi connectivity index (χ0v) is 16.9. The average Bonchev–Trinajstić information content (AvgIpc) is 3.03. The molecule has 2 aromatic rings. The van der Waals surface area contributed by atoms with Gasteiger partial charge in [0.1, 0.15) is 11.2 Å². The van der Waals surface area contributed by atoms with Crippen LogP contribution < -0.4 is 4.74 Å². The van der Waals surface area contributed by atoms with Gasteiger partial charge in [-0.05, 0) is 37.5 Å². The number of likely N-dealkylation sites (tertiary alicyclic amines) is 1. The van der Waals surface area contributed by atoms with Crippen molar-refractivity contribution in [3.8, 4) is 5.75 Å². The van der Waals surface area contributed by atoms with Gasteiger partial charge in [0.2, 0.25) is 0 Å². The van der Waals surface area contributed by atoms with Crippen LogP contribution in [0.1, 0.15) is 23.2 Å². The number of hydrogen-bond acceptors (Lipinski definition) is 6. The van der Waals surface area contributed by atoms with E-state index in [9.17, 15) is 15.0 Å². The van der Waals surface area contributed by atoms with E-state index in [0.29, 0.717) is 31.8 Å². The molecule has 158 valence electrons. The Bertz CT molecular complexity index is 853. The van der Waals surface area contributed by atoms with Crippen LogP contribution in [0.15, 0.2) is 30.5 Å². The predicted octanol–water partition coefficient (Wildman–Crippen LogP) is 1.07. The minimum absolute atomic E-state index is 0.0130. The Morgan fingerprint density at radius 3 is 2.90 bits per heavy atom. The SMILES string of the molecule is COc1cccc(C[C@@]2(C(=O)O)CN(Cc3cn(CCO)nc3C)CC[C@@H]2O)c1. The number of carboxylic acids is 1. The van der Waals surface area contributed by atoms with E-state index in [1.165, 1.54) is 0 Å². The summed E-state index contributed by atoms with van der Waals surface area (Å²) >= 11 is 0. The maximum atomic E-state index is 12.3. The second-order valence-electron chi connectivity index (χ2n) is 7.73. The van der Waals surface area contributed by atoms with Crippen molar-refractivity contribution in [3.05, 3.63) is 47.3 Å². The molecule has 8 nitrogen and oxygen atoms in total. The molecule has 1 saturated heterocycles. The molecule has 3 N–H and O–H groups in total. The monoisotopic (exact) mass is 403 g/mol. The Kier molecular flexibility index (Phi) is 6.56. The summed E-state index contributed by atoms with van der Waals surface area (Å²) in [4.78, 5) is 14.4. The molecule has 1 aromatic carbocycles. The molecule has 1 aliphatic rings. The Labute approximate surface area is 170 Å². The molecule has 2 atom stereocenters. The molecular formula is C21H29N3O5. The number of aromatic nitrogens is 2. The Balaban J connectivity index is 1.82. The minimum Gasteiger partial charge on any atom is -0.497 e. The normalized spacial score (nSPS) is 22.6. The van der Waals surface area contributed by atoms with Gasteiger partial charge in [-0.3, -0.25) is 14.4 Å². The summed E-state index contributed by atoms with van der Waals surface area (Å²) in [6, 6.07) is 7.32. The van der Waals surface area contributed by atoms with Gasteiger partial charge < -0.3 is 20.1 Å². The largest absolute Gasteiger partial charge is 0.497 e. The van der Waals surface area contributed by atoms with Crippen LogP contribution in [0.25, 0.3) is 0 Å². The third-order valence-corrected chi connectivity index (χ3v) is 5.71. The molecule has 1 aliphatic heterocycles. The zero-order valence-electron chi connectivity index (χ0n) is 16.9. The van der Waals surface area contributed by atoms with Crippen LogP contribution in [-0.4, -0.2) is 68.9 Å². The van der Waals surface area contributed by atoms with Crippen molar-refractivity contribution in [2.75, 3.05) is 26.8 Å². The van der Waals surface area contributed by atoms with Crippen molar-refractivity contribution < 1.29 is 24.9 Å². The lowest BCUT2D eigenvalue weighted by molar-refractivity contribution is -0.163. The number of nitrogens with zero attached hydrogens (tertiary/aromatic N) is 3. The van der Waals surface area contributed by atoms with Crippen molar-refractivity contribution in [1.29, 1.82) is 0 Å². The fourth-order valence-corrected chi connectivity index (χ4v) is 4.08. The molecule has 8 heteroatoms.